The van der Waals surface area contributed by atoms with Gasteiger partial charge in [0, 0.05) is 25.3 Å². The third-order valence-electron chi connectivity index (χ3n) is 4.55. The molecule has 0 saturated carbocycles. The topological polar surface area (TPSA) is 107 Å². The fourth-order valence-corrected chi connectivity index (χ4v) is 3.23. The predicted molar refractivity (Wildman–Crippen MR) is 102 cm³/mol. The minimum atomic E-state index is -4.42. The number of aryl methyl sites for hydroxylation is 1. The molecule has 4 rings (SSSR count). The molecule has 0 saturated heterocycles. The van der Waals surface area contributed by atoms with Gasteiger partial charge in [-0.15, -0.1) is 0 Å². The van der Waals surface area contributed by atoms with Crippen LogP contribution in [-0.2, 0) is 19.0 Å². The quantitative estimate of drug-likeness (QED) is 0.601. The van der Waals surface area contributed by atoms with Gasteiger partial charge in [-0.25, -0.2) is 15.0 Å². The van der Waals surface area contributed by atoms with Gasteiger partial charge in [-0.2, -0.15) is 13.2 Å². The van der Waals surface area contributed by atoms with Gasteiger partial charge in [0.1, 0.15) is 22.9 Å². The zero-order chi connectivity index (χ0) is 21.5. The summed E-state index contributed by atoms with van der Waals surface area (Å²) in [5.41, 5.74) is 6.77. The molecule has 3 aromatic rings. The van der Waals surface area contributed by atoms with E-state index in [2.05, 4.69) is 20.1 Å². The van der Waals surface area contributed by atoms with Gasteiger partial charge in [0.15, 0.2) is 11.5 Å². The zero-order valence-corrected chi connectivity index (χ0v) is 16.0. The van der Waals surface area contributed by atoms with Crippen LogP contribution in [0, 0.1) is 0 Å². The number of Topliss-reactive ketones (excluding diaryl/α,β-unsaturated/α-hetero) is 1. The molecule has 30 heavy (non-hydrogen) atoms. The van der Waals surface area contributed by atoms with Crippen molar-refractivity contribution in [3.05, 3.63) is 63.9 Å². The van der Waals surface area contributed by atoms with Crippen molar-refractivity contribution in [1.29, 1.82) is 0 Å². The maximum absolute atomic E-state index is 12.9. The Morgan fingerprint density at radius 1 is 1.23 bits per heavy atom. The lowest BCUT2D eigenvalue weighted by Crippen LogP contribution is -2.07. The molecule has 0 bridgehead atoms. The lowest BCUT2D eigenvalue weighted by molar-refractivity contribution is -0.137. The van der Waals surface area contributed by atoms with Crippen LogP contribution in [0.25, 0.3) is 0 Å². The van der Waals surface area contributed by atoms with Gasteiger partial charge in [-0.1, -0.05) is 16.8 Å². The molecular formula is C19H13ClF3N5O2. The van der Waals surface area contributed by atoms with Gasteiger partial charge in [-0.05, 0) is 23.8 Å². The molecule has 1 aliphatic rings. The minimum absolute atomic E-state index is 0.000330. The van der Waals surface area contributed by atoms with Crippen molar-refractivity contribution in [2.24, 2.45) is 4.99 Å². The van der Waals surface area contributed by atoms with E-state index in [1.807, 2.05) is 0 Å². The summed E-state index contributed by atoms with van der Waals surface area (Å²) in [4.78, 5) is 24.2. The first-order valence-corrected chi connectivity index (χ1v) is 9.13. The summed E-state index contributed by atoms with van der Waals surface area (Å²) in [7, 11) is 0. The summed E-state index contributed by atoms with van der Waals surface area (Å²) < 4.78 is 43.9. The molecule has 0 fully saturated rings. The van der Waals surface area contributed by atoms with Crippen LogP contribution in [0.1, 0.15) is 39.5 Å². The summed E-state index contributed by atoms with van der Waals surface area (Å²) >= 11 is 5.95. The Labute approximate surface area is 172 Å². The molecule has 2 N–H and O–H groups in total. The number of halogens is 4. The number of carbonyl (C=O) groups is 1. The Morgan fingerprint density at radius 3 is 2.80 bits per heavy atom. The largest absolute Gasteiger partial charge is 0.416 e. The number of aliphatic imine (C=N–C) groups is 1. The van der Waals surface area contributed by atoms with E-state index in [1.165, 1.54) is 6.07 Å². The molecule has 0 unspecified atom stereocenters. The summed E-state index contributed by atoms with van der Waals surface area (Å²) in [6, 6.07) is 5.02. The second-order valence-electron chi connectivity index (χ2n) is 6.60. The summed E-state index contributed by atoms with van der Waals surface area (Å²) in [6.45, 7) is 0. The number of fused-ring (bicyclic) bond motifs is 1. The van der Waals surface area contributed by atoms with Gasteiger partial charge >= 0.3 is 6.18 Å². The molecule has 0 amide bonds. The summed E-state index contributed by atoms with van der Waals surface area (Å²) in [5, 5.41) is 3.91. The number of nitrogen functional groups attached to an aromatic ring is 1. The van der Waals surface area contributed by atoms with Crippen molar-refractivity contribution in [3.63, 3.8) is 0 Å². The molecule has 1 aromatic carbocycles. The van der Waals surface area contributed by atoms with Crippen molar-refractivity contribution < 1.29 is 22.5 Å². The molecule has 11 heteroatoms. The Hall–Kier alpha value is -3.27. The molecule has 7 nitrogen and oxygen atoms in total. The van der Waals surface area contributed by atoms with Crippen LogP contribution in [-0.4, -0.2) is 26.6 Å². The second-order valence-corrected chi connectivity index (χ2v) is 6.98. The summed E-state index contributed by atoms with van der Waals surface area (Å²) in [5.74, 6) is 0.0293. The Morgan fingerprint density at radius 2 is 2.03 bits per heavy atom. The van der Waals surface area contributed by atoms with Crippen LogP contribution in [0.3, 0.4) is 0 Å². The third-order valence-corrected chi connectivity index (χ3v) is 4.92. The Kier molecular flexibility index (Phi) is 5.02. The Balaban J connectivity index is 1.43. The van der Waals surface area contributed by atoms with Gasteiger partial charge in [0.2, 0.25) is 0 Å². The number of nitrogens with zero attached hydrogens (tertiary/aromatic N) is 4. The number of hydrogen-bond acceptors (Lipinski definition) is 7. The Bertz CT molecular complexity index is 1170. The predicted octanol–water partition coefficient (Wildman–Crippen LogP) is 4.21. The molecule has 0 aliphatic carbocycles. The highest BCUT2D eigenvalue weighted by atomic mass is 35.5. The maximum atomic E-state index is 12.9. The van der Waals surface area contributed by atoms with E-state index >= 15 is 0 Å². The smallest absolute Gasteiger partial charge is 0.382 e. The molecule has 0 spiro atoms. The first-order chi connectivity index (χ1) is 14.2. The zero-order valence-electron chi connectivity index (χ0n) is 15.2. The third kappa shape index (κ3) is 3.90. The standard InChI is InChI=1S/C19H13ClF3N5O2/c20-16-17(25-8-26-18(16)24)14(29)4-2-11-7-15(30-28-11)13-6-9-5-10(19(21,22)23)1-3-12(9)27-13/h1,3,5,7-8H,2,4,6H2,(H2,24,25,26). The molecule has 3 heterocycles. The second kappa shape index (κ2) is 7.52. The highest BCUT2D eigenvalue weighted by Gasteiger charge is 2.32. The number of rotatable bonds is 5. The van der Waals surface area contributed by atoms with Gasteiger partial charge < -0.3 is 10.3 Å². The highest BCUT2D eigenvalue weighted by molar-refractivity contribution is 6.35. The van der Waals surface area contributed by atoms with Crippen LogP contribution in [0.4, 0.5) is 24.7 Å². The van der Waals surface area contributed by atoms with Gasteiger partial charge in [0.25, 0.3) is 0 Å². The molecule has 0 radical (unpaired) electrons. The van der Waals surface area contributed by atoms with E-state index in [4.69, 9.17) is 21.9 Å². The van der Waals surface area contributed by atoms with E-state index in [9.17, 15) is 18.0 Å². The lowest BCUT2D eigenvalue weighted by atomic mass is 10.0. The van der Waals surface area contributed by atoms with Crippen molar-refractivity contribution in [2.75, 3.05) is 5.73 Å². The number of anilines is 1. The molecule has 0 atom stereocenters. The highest BCUT2D eigenvalue weighted by Crippen LogP contribution is 2.36. The van der Waals surface area contributed by atoms with Crippen LogP contribution in [0.2, 0.25) is 5.02 Å². The molecular weight excluding hydrogens is 423 g/mol. The van der Waals surface area contributed by atoms with E-state index in [0.717, 1.165) is 18.5 Å². The SMILES string of the molecule is Nc1ncnc(C(=O)CCc2cc(C3=Nc4ccc(C(F)(F)F)cc4C3)on2)c1Cl. The van der Waals surface area contributed by atoms with Crippen LogP contribution in [0.15, 0.2) is 40.1 Å². The number of aromatic nitrogens is 3. The number of benzene rings is 1. The number of nitrogens with two attached hydrogens (primary N) is 1. The van der Waals surface area contributed by atoms with Crippen LogP contribution < -0.4 is 5.73 Å². The molecule has 154 valence electrons. The van der Waals surface area contributed by atoms with E-state index < -0.39 is 11.7 Å². The van der Waals surface area contributed by atoms with Crippen molar-refractivity contribution in [2.45, 2.75) is 25.4 Å². The van der Waals surface area contributed by atoms with Crippen molar-refractivity contribution >= 4 is 34.6 Å². The van der Waals surface area contributed by atoms with Crippen LogP contribution in [0.5, 0.6) is 0 Å². The minimum Gasteiger partial charge on any atom is -0.382 e. The summed E-state index contributed by atoms with van der Waals surface area (Å²) in [6.07, 6.45) is -2.75. The fourth-order valence-electron chi connectivity index (χ4n) is 3.02. The lowest BCUT2D eigenvalue weighted by Gasteiger charge is -2.07. The van der Waals surface area contributed by atoms with Gasteiger partial charge in [-0.3, -0.25) is 4.79 Å². The first kappa shape index (κ1) is 20.0. The number of ketones is 1. The van der Waals surface area contributed by atoms with Crippen molar-refractivity contribution in [1.82, 2.24) is 15.1 Å². The van der Waals surface area contributed by atoms with Crippen LogP contribution >= 0.6 is 11.6 Å². The van der Waals surface area contributed by atoms with Gasteiger partial charge in [0.05, 0.1) is 22.7 Å². The van der Waals surface area contributed by atoms with Crippen molar-refractivity contribution in [3.8, 4) is 0 Å². The maximum Gasteiger partial charge on any atom is 0.416 e. The number of hydrogen-bond donors (Lipinski definition) is 1. The average molecular weight is 436 g/mol. The molecule has 2 aromatic heterocycles. The monoisotopic (exact) mass is 435 g/mol. The molecule has 1 aliphatic heterocycles. The van der Waals surface area contributed by atoms with E-state index in [-0.39, 0.29) is 41.6 Å². The normalized spacial score (nSPS) is 13.3. The van der Waals surface area contributed by atoms with E-state index in [0.29, 0.717) is 28.4 Å². The average Bonchev–Trinajstić information content (AvgIpc) is 3.33. The number of carbonyl (C=O) groups excluding carboxylic acids is 1. The number of alkyl halides is 3. The van der Waals surface area contributed by atoms with E-state index in [1.54, 1.807) is 6.07 Å². The fraction of sp³-hybridized carbons (Fsp3) is 0.211. The first-order valence-electron chi connectivity index (χ1n) is 8.75.